The van der Waals surface area contributed by atoms with Crippen LogP contribution in [0.5, 0.6) is 0 Å². The standard InChI is InChI=1S/C24H33N3O/c1-4-13-26(14-5-2)15-7-17-28-19-21-9-11-22(12-10-21)23-18-27-16-6-8-20(3)24(27)25-23/h6,8-12,16,18H,4-5,7,13-15,17,19H2,1-3H3. The van der Waals surface area contributed by atoms with Gasteiger partial charge in [-0.05, 0) is 56.5 Å². The molecule has 0 saturated carbocycles. The SMILES string of the molecule is CCCN(CCC)CCCOCc1ccc(-c2cn3cccc(C)c3n2)cc1. The zero-order valence-corrected chi connectivity index (χ0v) is 17.5. The van der Waals surface area contributed by atoms with Gasteiger partial charge in [-0.15, -0.1) is 0 Å². The summed E-state index contributed by atoms with van der Waals surface area (Å²) in [5.74, 6) is 0. The number of hydrogen-bond donors (Lipinski definition) is 0. The molecule has 0 radical (unpaired) electrons. The Kier molecular flexibility index (Phi) is 7.63. The van der Waals surface area contributed by atoms with Crippen molar-refractivity contribution in [1.82, 2.24) is 14.3 Å². The Bertz CT molecular complexity index is 848. The van der Waals surface area contributed by atoms with Gasteiger partial charge in [-0.2, -0.15) is 0 Å². The van der Waals surface area contributed by atoms with Crippen LogP contribution in [-0.2, 0) is 11.3 Å². The maximum absolute atomic E-state index is 5.89. The van der Waals surface area contributed by atoms with E-state index in [4.69, 9.17) is 9.72 Å². The first-order valence-electron chi connectivity index (χ1n) is 10.5. The van der Waals surface area contributed by atoms with Gasteiger partial charge in [0.05, 0.1) is 12.3 Å². The fourth-order valence-electron chi connectivity index (χ4n) is 3.61. The number of aryl methyl sites for hydroxylation is 1. The number of hydrogen-bond acceptors (Lipinski definition) is 3. The summed E-state index contributed by atoms with van der Waals surface area (Å²) >= 11 is 0. The van der Waals surface area contributed by atoms with E-state index >= 15 is 0 Å². The molecular formula is C24H33N3O. The maximum atomic E-state index is 5.89. The molecule has 0 spiro atoms. The lowest BCUT2D eigenvalue weighted by Gasteiger charge is -2.20. The third kappa shape index (κ3) is 5.43. The first kappa shape index (κ1) is 20.6. The number of benzene rings is 1. The van der Waals surface area contributed by atoms with Crippen LogP contribution in [0.25, 0.3) is 16.9 Å². The van der Waals surface area contributed by atoms with Gasteiger partial charge in [-0.1, -0.05) is 44.2 Å². The number of nitrogens with zero attached hydrogens (tertiary/aromatic N) is 3. The van der Waals surface area contributed by atoms with E-state index in [2.05, 4.69) is 72.7 Å². The van der Waals surface area contributed by atoms with Gasteiger partial charge in [0.2, 0.25) is 0 Å². The normalized spacial score (nSPS) is 11.6. The van der Waals surface area contributed by atoms with Crippen LogP contribution in [0.15, 0.2) is 48.8 Å². The van der Waals surface area contributed by atoms with Gasteiger partial charge in [0, 0.05) is 31.1 Å². The molecule has 4 heteroatoms. The third-order valence-electron chi connectivity index (χ3n) is 5.04. The highest BCUT2D eigenvalue weighted by Crippen LogP contribution is 2.21. The number of fused-ring (bicyclic) bond motifs is 1. The predicted octanol–water partition coefficient (Wildman–Crippen LogP) is 5.34. The van der Waals surface area contributed by atoms with E-state index in [1.165, 1.54) is 37.1 Å². The summed E-state index contributed by atoms with van der Waals surface area (Å²) in [6.07, 6.45) is 7.67. The number of pyridine rings is 1. The largest absolute Gasteiger partial charge is 0.377 e. The molecule has 3 aromatic rings. The van der Waals surface area contributed by atoms with Gasteiger partial charge in [-0.25, -0.2) is 4.98 Å². The van der Waals surface area contributed by atoms with Crippen LogP contribution in [-0.4, -0.2) is 40.5 Å². The van der Waals surface area contributed by atoms with Crippen molar-refractivity contribution in [3.05, 3.63) is 59.9 Å². The van der Waals surface area contributed by atoms with Crippen molar-refractivity contribution in [3.63, 3.8) is 0 Å². The summed E-state index contributed by atoms with van der Waals surface area (Å²) in [7, 11) is 0. The molecular weight excluding hydrogens is 346 g/mol. The third-order valence-corrected chi connectivity index (χ3v) is 5.04. The molecule has 3 rings (SSSR count). The average molecular weight is 380 g/mol. The van der Waals surface area contributed by atoms with Gasteiger partial charge in [0.1, 0.15) is 5.65 Å². The fourth-order valence-corrected chi connectivity index (χ4v) is 3.61. The summed E-state index contributed by atoms with van der Waals surface area (Å²) in [6, 6.07) is 12.7. The molecule has 28 heavy (non-hydrogen) atoms. The maximum Gasteiger partial charge on any atom is 0.140 e. The Labute approximate surface area is 169 Å². The van der Waals surface area contributed by atoms with Crippen LogP contribution in [0.4, 0.5) is 0 Å². The lowest BCUT2D eigenvalue weighted by atomic mass is 10.1. The molecule has 0 saturated heterocycles. The number of aromatic nitrogens is 2. The topological polar surface area (TPSA) is 29.8 Å². The summed E-state index contributed by atoms with van der Waals surface area (Å²) in [6.45, 7) is 11.6. The second-order valence-corrected chi connectivity index (χ2v) is 7.49. The second kappa shape index (κ2) is 10.4. The number of imidazole rings is 1. The monoisotopic (exact) mass is 379 g/mol. The van der Waals surface area contributed by atoms with Crippen molar-refractivity contribution < 1.29 is 4.74 Å². The minimum atomic E-state index is 0.673. The van der Waals surface area contributed by atoms with E-state index in [-0.39, 0.29) is 0 Å². The van der Waals surface area contributed by atoms with Crippen molar-refractivity contribution in [3.8, 4) is 11.3 Å². The van der Waals surface area contributed by atoms with Crippen LogP contribution in [0.3, 0.4) is 0 Å². The van der Waals surface area contributed by atoms with Crippen LogP contribution < -0.4 is 0 Å². The highest BCUT2D eigenvalue weighted by atomic mass is 16.5. The Balaban J connectivity index is 1.48. The molecule has 0 N–H and O–H groups in total. The smallest absolute Gasteiger partial charge is 0.140 e. The number of rotatable bonds is 11. The van der Waals surface area contributed by atoms with E-state index in [1.54, 1.807) is 0 Å². The van der Waals surface area contributed by atoms with Crippen LogP contribution >= 0.6 is 0 Å². The number of ether oxygens (including phenoxy) is 1. The summed E-state index contributed by atoms with van der Waals surface area (Å²) in [4.78, 5) is 7.31. The Morgan fingerprint density at radius 1 is 1.00 bits per heavy atom. The van der Waals surface area contributed by atoms with E-state index in [0.29, 0.717) is 6.61 Å². The highest BCUT2D eigenvalue weighted by molar-refractivity contribution is 5.64. The highest BCUT2D eigenvalue weighted by Gasteiger charge is 2.06. The van der Waals surface area contributed by atoms with Crippen LogP contribution in [0.2, 0.25) is 0 Å². The molecule has 0 aliphatic rings. The molecule has 4 nitrogen and oxygen atoms in total. The Morgan fingerprint density at radius 3 is 2.43 bits per heavy atom. The molecule has 1 aromatic carbocycles. The molecule has 0 atom stereocenters. The van der Waals surface area contributed by atoms with Crippen LogP contribution in [0.1, 0.15) is 44.2 Å². The summed E-state index contributed by atoms with van der Waals surface area (Å²) in [5, 5.41) is 0. The Hall–Kier alpha value is -2.17. The quantitative estimate of drug-likeness (QED) is 0.421. The van der Waals surface area contributed by atoms with Gasteiger partial charge in [-0.3, -0.25) is 0 Å². The lowest BCUT2D eigenvalue weighted by Crippen LogP contribution is -2.27. The average Bonchev–Trinajstić information content (AvgIpc) is 3.14. The molecule has 0 amide bonds. The van der Waals surface area contributed by atoms with Crippen LogP contribution in [0, 0.1) is 6.92 Å². The lowest BCUT2D eigenvalue weighted by molar-refractivity contribution is 0.108. The zero-order chi connectivity index (χ0) is 19.8. The van der Waals surface area contributed by atoms with Crippen molar-refractivity contribution in [2.45, 2.75) is 46.6 Å². The molecule has 2 aromatic heterocycles. The van der Waals surface area contributed by atoms with Gasteiger partial charge in [0.25, 0.3) is 0 Å². The molecule has 2 heterocycles. The van der Waals surface area contributed by atoms with Crippen molar-refractivity contribution in [2.24, 2.45) is 0 Å². The summed E-state index contributed by atoms with van der Waals surface area (Å²) < 4.78 is 7.97. The van der Waals surface area contributed by atoms with E-state index < -0.39 is 0 Å². The van der Waals surface area contributed by atoms with Crippen molar-refractivity contribution in [1.29, 1.82) is 0 Å². The van der Waals surface area contributed by atoms with Crippen molar-refractivity contribution >= 4 is 5.65 Å². The fraction of sp³-hybridized carbons (Fsp3) is 0.458. The predicted molar refractivity (Wildman–Crippen MR) is 117 cm³/mol. The minimum absolute atomic E-state index is 0.673. The zero-order valence-electron chi connectivity index (χ0n) is 17.5. The van der Waals surface area contributed by atoms with E-state index in [1.807, 2.05) is 6.20 Å². The molecule has 150 valence electrons. The van der Waals surface area contributed by atoms with Gasteiger partial charge in [0.15, 0.2) is 0 Å². The van der Waals surface area contributed by atoms with E-state index in [0.717, 1.165) is 36.5 Å². The second-order valence-electron chi connectivity index (χ2n) is 7.49. The molecule has 0 fully saturated rings. The first-order valence-corrected chi connectivity index (χ1v) is 10.5. The van der Waals surface area contributed by atoms with Gasteiger partial charge < -0.3 is 14.0 Å². The minimum Gasteiger partial charge on any atom is -0.377 e. The van der Waals surface area contributed by atoms with E-state index in [9.17, 15) is 0 Å². The first-order chi connectivity index (χ1) is 13.7. The molecule has 0 unspecified atom stereocenters. The molecule has 0 aliphatic heterocycles. The van der Waals surface area contributed by atoms with Gasteiger partial charge >= 0.3 is 0 Å². The van der Waals surface area contributed by atoms with Crippen molar-refractivity contribution in [2.75, 3.05) is 26.2 Å². The molecule has 0 bridgehead atoms. The molecule has 0 aliphatic carbocycles. The summed E-state index contributed by atoms with van der Waals surface area (Å²) in [5.41, 5.74) is 5.57. The Morgan fingerprint density at radius 2 is 1.75 bits per heavy atom.